The number of nitrogens with zero attached hydrogens (tertiary/aromatic N) is 4. The molecule has 2 aliphatic heterocycles. The number of furan rings is 1. The topological polar surface area (TPSA) is 135 Å². The highest BCUT2D eigenvalue weighted by atomic mass is 16.5. The minimum atomic E-state index is -0.525. The second kappa shape index (κ2) is 11.5. The van der Waals surface area contributed by atoms with Crippen LogP contribution in [0.3, 0.4) is 0 Å². The number of hydrogen-bond donors (Lipinski definition) is 1. The zero-order valence-corrected chi connectivity index (χ0v) is 22.1. The molecule has 38 heavy (non-hydrogen) atoms. The third-order valence-electron chi connectivity index (χ3n) is 6.65. The van der Waals surface area contributed by atoms with Gasteiger partial charge in [-0.05, 0) is 26.0 Å². The van der Waals surface area contributed by atoms with Crippen LogP contribution in [0.15, 0.2) is 22.8 Å². The van der Waals surface area contributed by atoms with Gasteiger partial charge >= 0.3 is 5.97 Å². The van der Waals surface area contributed by atoms with Crippen LogP contribution in [0, 0.1) is 0 Å². The first kappa shape index (κ1) is 27.0. The fourth-order valence-corrected chi connectivity index (χ4v) is 4.59. The van der Waals surface area contributed by atoms with E-state index in [9.17, 15) is 19.2 Å². The molecule has 0 spiro atoms. The van der Waals surface area contributed by atoms with E-state index >= 15 is 0 Å². The van der Waals surface area contributed by atoms with E-state index in [2.05, 4.69) is 15.2 Å². The van der Waals surface area contributed by atoms with Crippen LogP contribution in [0.1, 0.15) is 54.2 Å². The number of fused-ring (bicyclic) bond motifs is 1. The fraction of sp³-hybridized carbons (Fsp3) is 0.500. The standard InChI is InChI=1S/C26H33N5O7/c1-5-36-25-20(6-7-22(28-25)30-12-10-29(11-13-30)17(3)32)27-24(34)19-15-38-21-8-9-31(26(35)23(19)21)16(2)14-37-18(4)33/h6-7,15-16H,5,8-14H2,1-4H3,(H,27,34). The summed E-state index contributed by atoms with van der Waals surface area (Å²) in [4.78, 5) is 59.4. The van der Waals surface area contributed by atoms with Gasteiger partial charge in [0.2, 0.25) is 11.8 Å². The molecule has 1 saturated heterocycles. The first-order valence-electron chi connectivity index (χ1n) is 12.7. The Labute approximate surface area is 220 Å². The van der Waals surface area contributed by atoms with Crippen LogP contribution in [0.2, 0.25) is 0 Å². The van der Waals surface area contributed by atoms with Gasteiger partial charge < -0.3 is 33.9 Å². The average molecular weight is 528 g/mol. The van der Waals surface area contributed by atoms with E-state index in [-0.39, 0.29) is 41.5 Å². The Kier molecular flexibility index (Phi) is 8.18. The quantitative estimate of drug-likeness (QED) is 0.511. The molecule has 1 unspecified atom stereocenters. The summed E-state index contributed by atoms with van der Waals surface area (Å²) in [7, 11) is 0. The van der Waals surface area contributed by atoms with E-state index in [1.54, 1.807) is 35.8 Å². The molecule has 204 valence electrons. The molecule has 1 N–H and O–H groups in total. The molecule has 4 rings (SSSR count). The molecule has 2 aliphatic rings. The van der Waals surface area contributed by atoms with Crippen molar-refractivity contribution in [2.45, 2.75) is 40.2 Å². The molecule has 0 aliphatic carbocycles. The number of nitrogens with one attached hydrogen (secondary N) is 1. The predicted octanol–water partition coefficient (Wildman–Crippen LogP) is 1.94. The summed E-state index contributed by atoms with van der Waals surface area (Å²) >= 11 is 0. The van der Waals surface area contributed by atoms with Crippen molar-refractivity contribution in [1.29, 1.82) is 0 Å². The molecule has 0 bridgehead atoms. The third kappa shape index (κ3) is 5.74. The first-order chi connectivity index (χ1) is 18.2. The lowest BCUT2D eigenvalue weighted by atomic mass is 10.0. The van der Waals surface area contributed by atoms with Crippen molar-refractivity contribution in [1.82, 2.24) is 14.8 Å². The fourth-order valence-electron chi connectivity index (χ4n) is 4.59. The molecule has 0 saturated carbocycles. The Bertz CT molecular complexity index is 1220. The van der Waals surface area contributed by atoms with Gasteiger partial charge in [0.05, 0.1) is 23.8 Å². The van der Waals surface area contributed by atoms with Crippen molar-refractivity contribution in [3.63, 3.8) is 0 Å². The lowest BCUT2D eigenvalue weighted by Gasteiger charge is -2.35. The van der Waals surface area contributed by atoms with E-state index in [4.69, 9.17) is 13.9 Å². The van der Waals surface area contributed by atoms with E-state index < -0.39 is 11.9 Å². The van der Waals surface area contributed by atoms with Crippen LogP contribution in [-0.2, 0) is 20.7 Å². The third-order valence-corrected chi connectivity index (χ3v) is 6.65. The van der Waals surface area contributed by atoms with Gasteiger partial charge in [-0.3, -0.25) is 19.2 Å². The number of carbonyl (C=O) groups is 4. The Morgan fingerprint density at radius 1 is 1.13 bits per heavy atom. The normalized spacial score (nSPS) is 16.1. The summed E-state index contributed by atoms with van der Waals surface area (Å²) in [5.74, 6) is 0.132. The minimum absolute atomic E-state index is 0.0487. The van der Waals surface area contributed by atoms with Gasteiger partial charge in [0.1, 0.15) is 30.1 Å². The lowest BCUT2D eigenvalue weighted by Crippen LogP contribution is -2.48. The molecular weight excluding hydrogens is 494 g/mol. The van der Waals surface area contributed by atoms with Crippen molar-refractivity contribution in [3.8, 4) is 5.88 Å². The van der Waals surface area contributed by atoms with Crippen molar-refractivity contribution in [2.75, 3.05) is 56.2 Å². The number of rotatable bonds is 8. The zero-order valence-electron chi connectivity index (χ0n) is 22.1. The average Bonchev–Trinajstić information content (AvgIpc) is 3.34. The molecule has 2 aromatic rings. The van der Waals surface area contributed by atoms with Crippen molar-refractivity contribution < 1.29 is 33.1 Å². The van der Waals surface area contributed by atoms with Crippen LogP contribution >= 0.6 is 0 Å². The van der Waals surface area contributed by atoms with E-state index in [1.165, 1.54) is 13.2 Å². The molecule has 0 radical (unpaired) electrons. The van der Waals surface area contributed by atoms with Gasteiger partial charge in [0.15, 0.2) is 0 Å². The summed E-state index contributed by atoms with van der Waals surface area (Å²) in [6.45, 7) is 9.77. The van der Waals surface area contributed by atoms with Gasteiger partial charge in [-0.2, -0.15) is 4.98 Å². The molecule has 1 fully saturated rings. The van der Waals surface area contributed by atoms with Crippen LogP contribution in [0.25, 0.3) is 0 Å². The summed E-state index contributed by atoms with van der Waals surface area (Å²) in [5, 5.41) is 2.81. The Morgan fingerprint density at radius 3 is 2.53 bits per heavy atom. The summed E-state index contributed by atoms with van der Waals surface area (Å²) < 4.78 is 16.3. The van der Waals surface area contributed by atoms with Crippen LogP contribution in [-0.4, -0.2) is 90.5 Å². The first-order valence-corrected chi connectivity index (χ1v) is 12.7. The highest BCUT2D eigenvalue weighted by molar-refractivity contribution is 6.13. The Morgan fingerprint density at radius 2 is 1.87 bits per heavy atom. The van der Waals surface area contributed by atoms with Gasteiger partial charge in [-0.25, -0.2) is 0 Å². The van der Waals surface area contributed by atoms with Crippen molar-refractivity contribution in [3.05, 3.63) is 35.3 Å². The smallest absolute Gasteiger partial charge is 0.302 e. The number of hydrogen-bond acceptors (Lipinski definition) is 9. The molecule has 1 atom stereocenters. The lowest BCUT2D eigenvalue weighted by molar-refractivity contribution is -0.142. The maximum Gasteiger partial charge on any atom is 0.302 e. The molecule has 12 heteroatoms. The molecular formula is C26H33N5O7. The second-order valence-corrected chi connectivity index (χ2v) is 9.25. The minimum Gasteiger partial charge on any atom is -0.476 e. The van der Waals surface area contributed by atoms with Gasteiger partial charge in [-0.15, -0.1) is 0 Å². The largest absolute Gasteiger partial charge is 0.476 e. The van der Waals surface area contributed by atoms with E-state index in [0.717, 1.165) is 0 Å². The van der Waals surface area contributed by atoms with Crippen molar-refractivity contribution >= 4 is 35.2 Å². The maximum atomic E-state index is 13.3. The van der Waals surface area contributed by atoms with Gasteiger partial charge in [0.25, 0.3) is 11.8 Å². The number of aromatic nitrogens is 1. The van der Waals surface area contributed by atoms with Gasteiger partial charge in [-0.1, -0.05) is 0 Å². The number of amides is 3. The monoisotopic (exact) mass is 527 g/mol. The number of carbonyl (C=O) groups excluding carboxylic acids is 4. The zero-order chi connectivity index (χ0) is 27.4. The molecule has 4 heterocycles. The molecule has 3 amide bonds. The summed E-state index contributed by atoms with van der Waals surface area (Å²) in [6.07, 6.45) is 1.73. The van der Waals surface area contributed by atoms with Crippen molar-refractivity contribution in [2.24, 2.45) is 0 Å². The number of anilines is 2. The second-order valence-electron chi connectivity index (χ2n) is 9.25. The summed E-state index contributed by atoms with van der Waals surface area (Å²) in [5.41, 5.74) is 0.678. The summed E-state index contributed by atoms with van der Waals surface area (Å²) in [6, 6.07) is 3.14. The highest BCUT2D eigenvalue weighted by Gasteiger charge is 2.35. The van der Waals surface area contributed by atoms with Crippen LogP contribution < -0.4 is 15.0 Å². The SMILES string of the molecule is CCOc1nc(N2CCN(C(C)=O)CC2)ccc1NC(=O)c1coc2c1C(=O)N(C(C)COC(C)=O)CC2. The molecule has 12 nitrogen and oxygen atoms in total. The molecule has 0 aromatic carbocycles. The number of ether oxygens (including phenoxy) is 2. The number of piperazine rings is 1. The van der Waals surface area contributed by atoms with E-state index in [1.807, 2.05) is 6.92 Å². The predicted molar refractivity (Wildman–Crippen MR) is 137 cm³/mol. The maximum absolute atomic E-state index is 13.3. The van der Waals surface area contributed by atoms with Crippen LogP contribution in [0.4, 0.5) is 11.5 Å². The molecule has 2 aromatic heterocycles. The van der Waals surface area contributed by atoms with Gasteiger partial charge in [0, 0.05) is 53.0 Å². The Balaban J connectivity index is 1.50. The van der Waals surface area contributed by atoms with E-state index in [0.29, 0.717) is 63.0 Å². The Hall–Kier alpha value is -4.09. The number of esters is 1. The number of pyridine rings is 1. The highest BCUT2D eigenvalue weighted by Crippen LogP contribution is 2.30. The van der Waals surface area contributed by atoms with Crippen LogP contribution in [0.5, 0.6) is 5.88 Å².